The Morgan fingerprint density at radius 1 is 1.14 bits per heavy atom. The molecule has 0 spiro atoms. The molecule has 0 aromatic carbocycles. The van der Waals surface area contributed by atoms with Gasteiger partial charge in [0.2, 0.25) is 5.95 Å². The van der Waals surface area contributed by atoms with Gasteiger partial charge in [-0.2, -0.15) is 9.97 Å². The van der Waals surface area contributed by atoms with E-state index in [1.807, 2.05) is 18.3 Å². The lowest BCUT2D eigenvalue weighted by molar-refractivity contribution is 0.444. The second-order valence-electron chi connectivity index (χ2n) is 7.96. The summed E-state index contributed by atoms with van der Waals surface area (Å²) in [5, 5.41) is 6.93. The van der Waals surface area contributed by atoms with Gasteiger partial charge in [0.25, 0.3) is 0 Å². The SMILES string of the molecule is C[C@@H]1CCCN(c2cc(N3CCCC3)nc(NC(=S)NCc3cccnc3)n2)C1. The number of aromatic nitrogens is 3. The molecule has 4 rings (SSSR count). The van der Waals surface area contributed by atoms with E-state index in [9.17, 15) is 0 Å². The Labute approximate surface area is 177 Å². The summed E-state index contributed by atoms with van der Waals surface area (Å²) in [7, 11) is 0. The first-order chi connectivity index (χ1) is 14.2. The van der Waals surface area contributed by atoms with Crippen molar-refractivity contribution in [2.45, 2.75) is 39.2 Å². The molecule has 7 nitrogen and oxygen atoms in total. The number of rotatable bonds is 5. The minimum absolute atomic E-state index is 0.519. The molecule has 154 valence electrons. The molecule has 2 N–H and O–H groups in total. The molecule has 0 radical (unpaired) electrons. The molecule has 4 heterocycles. The van der Waals surface area contributed by atoms with E-state index in [0.29, 0.717) is 23.5 Å². The van der Waals surface area contributed by atoms with E-state index in [-0.39, 0.29) is 0 Å². The van der Waals surface area contributed by atoms with Gasteiger partial charge in [-0.05, 0) is 55.4 Å². The van der Waals surface area contributed by atoms with Crippen molar-refractivity contribution >= 4 is 34.9 Å². The van der Waals surface area contributed by atoms with Crippen LogP contribution in [0.3, 0.4) is 0 Å². The van der Waals surface area contributed by atoms with E-state index in [2.05, 4.69) is 38.4 Å². The molecule has 0 aliphatic carbocycles. The second-order valence-corrected chi connectivity index (χ2v) is 8.37. The van der Waals surface area contributed by atoms with Gasteiger partial charge < -0.3 is 20.4 Å². The van der Waals surface area contributed by atoms with E-state index in [1.54, 1.807) is 6.20 Å². The van der Waals surface area contributed by atoms with Gasteiger partial charge in [0, 0.05) is 51.2 Å². The van der Waals surface area contributed by atoms with Crippen LogP contribution >= 0.6 is 12.2 Å². The van der Waals surface area contributed by atoms with Crippen LogP contribution in [-0.2, 0) is 6.54 Å². The smallest absolute Gasteiger partial charge is 0.232 e. The first-order valence-corrected chi connectivity index (χ1v) is 10.9. The fraction of sp³-hybridized carbons (Fsp3) is 0.524. The van der Waals surface area contributed by atoms with Gasteiger partial charge in [-0.1, -0.05) is 13.0 Å². The number of hydrogen-bond acceptors (Lipinski definition) is 6. The summed E-state index contributed by atoms with van der Waals surface area (Å²) in [6.07, 6.45) is 8.52. The standard InChI is InChI=1S/C21H29N7S/c1-16-6-5-11-28(15-16)19-12-18(27-9-2-3-10-27)24-20(25-19)26-21(29)23-14-17-7-4-8-22-13-17/h4,7-8,12-13,16H,2-3,5-6,9-11,14-15H2,1H3,(H2,23,24,25,26,29)/t16-/m1/s1. The van der Waals surface area contributed by atoms with Gasteiger partial charge in [-0.25, -0.2) is 0 Å². The zero-order chi connectivity index (χ0) is 20.1. The maximum absolute atomic E-state index is 5.48. The van der Waals surface area contributed by atoms with Crippen molar-refractivity contribution in [1.82, 2.24) is 20.3 Å². The van der Waals surface area contributed by atoms with Crippen LogP contribution in [0.15, 0.2) is 30.6 Å². The molecule has 1 atom stereocenters. The molecule has 2 aromatic rings. The van der Waals surface area contributed by atoms with Crippen molar-refractivity contribution in [3.05, 3.63) is 36.2 Å². The highest BCUT2D eigenvalue weighted by atomic mass is 32.1. The van der Waals surface area contributed by atoms with Crippen molar-refractivity contribution < 1.29 is 0 Å². The fourth-order valence-electron chi connectivity index (χ4n) is 3.98. The number of thiocarbonyl (C=S) groups is 1. The molecule has 0 bridgehead atoms. The van der Waals surface area contributed by atoms with Gasteiger partial charge in [-0.15, -0.1) is 0 Å². The number of nitrogens with one attached hydrogen (secondary N) is 2. The molecule has 0 unspecified atom stereocenters. The Balaban J connectivity index is 1.49. The summed E-state index contributed by atoms with van der Waals surface area (Å²) in [5.41, 5.74) is 1.08. The third-order valence-corrected chi connectivity index (χ3v) is 5.76. The zero-order valence-corrected chi connectivity index (χ0v) is 17.8. The highest BCUT2D eigenvalue weighted by Gasteiger charge is 2.22. The number of pyridine rings is 1. The maximum atomic E-state index is 5.48. The average molecular weight is 412 g/mol. The molecule has 2 aromatic heterocycles. The van der Waals surface area contributed by atoms with E-state index < -0.39 is 0 Å². The average Bonchev–Trinajstić information content (AvgIpc) is 3.28. The normalized spacial score (nSPS) is 19.3. The Kier molecular flexibility index (Phi) is 6.39. The molecule has 0 amide bonds. The topological polar surface area (TPSA) is 69.2 Å². The third-order valence-electron chi connectivity index (χ3n) is 5.51. The maximum Gasteiger partial charge on any atom is 0.232 e. The molecular formula is C21H29N7S. The highest BCUT2D eigenvalue weighted by Crippen LogP contribution is 2.27. The lowest BCUT2D eigenvalue weighted by atomic mass is 10.0. The number of hydrogen-bond donors (Lipinski definition) is 2. The Morgan fingerprint density at radius 2 is 1.90 bits per heavy atom. The van der Waals surface area contributed by atoms with Gasteiger partial charge in [0.15, 0.2) is 5.11 Å². The first-order valence-electron chi connectivity index (χ1n) is 10.5. The molecule has 0 saturated carbocycles. The molecule has 2 aliphatic rings. The monoisotopic (exact) mass is 411 g/mol. The molecule has 2 aliphatic heterocycles. The fourth-order valence-corrected chi connectivity index (χ4v) is 4.14. The quantitative estimate of drug-likeness (QED) is 0.727. The van der Waals surface area contributed by atoms with E-state index >= 15 is 0 Å². The van der Waals surface area contributed by atoms with Crippen LogP contribution in [0.1, 0.15) is 38.2 Å². The molecule has 2 fully saturated rings. The number of nitrogens with zero attached hydrogens (tertiary/aromatic N) is 5. The van der Waals surface area contributed by atoms with E-state index in [4.69, 9.17) is 22.2 Å². The van der Waals surface area contributed by atoms with Crippen LogP contribution in [0.2, 0.25) is 0 Å². The summed E-state index contributed by atoms with van der Waals surface area (Å²) in [6, 6.07) is 6.07. The van der Waals surface area contributed by atoms with Crippen LogP contribution in [0.4, 0.5) is 17.6 Å². The minimum atomic E-state index is 0.519. The van der Waals surface area contributed by atoms with Gasteiger partial charge in [0.05, 0.1) is 0 Å². The van der Waals surface area contributed by atoms with Gasteiger partial charge in [0.1, 0.15) is 11.6 Å². The third kappa shape index (κ3) is 5.32. The Morgan fingerprint density at radius 3 is 2.62 bits per heavy atom. The highest BCUT2D eigenvalue weighted by molar-refractivity contribution is 7.80. The van der Waals surface area contributed by atoms with Crippen LogP contribution < -0.4 is 20.4 Å². The Bertz CT molecular complexity index is 823. The molecule has 29 heavy (non-hydrogen) atoms. The predicted octanol–water partition coefficient (Wildman–Crippen LogP) is 3.19. The molecular weight excluding hydrogens is 382 g/mol. The summed E-state index contributed by atoms with van der Waals surface area (Å²) < 4.78 is 0. The lowest BCUT2D eigenvalue weighted by Crippen LogP contribution is -2.35. The largest absolute Gasteiger partial charge is 0.358 e. The van der Waals surface area contributed by atoms with Crippen LogP contribution in [0.25, 0.3) is 0 Å². The first kappa shape index (κ1) is 19.8. The minimum Gasteiger partial charge on any atom is -0.358 e. The zero-order valence-electron chi connectivity index (χ0n) is 17.0. The lowest BCUT2D eigenvalue weighted by Gasteiger charge is -2.32. The van der Waals surface area contributed by atoms with E-state index in [0.717, 1.165) is 43.4 Å². The van der Waals surface area contributed by atoms with Crippen molar-refractivity contribution in [3.63, 3.8) is 0 Å². The van der Waals surface area contributed by atoms with Crippen LogP contribution in [0.5, 0.6) is 0 Å². The van der Waals surface area contributed by atoms with Crippen LogP contribution in [0, 0.1) is 5.92 Å². The van der Waals surface area contributed by atoms with Gasteiger partial charge >= 0.3 is 0 Å². The molecule has 2 saturated heterocycles. The summed E-state index contributed by atoms with van der Waals surface area (Å²) in [6.45, 7) is 7.11. The Hall–Kier alpha value is -2.48. The van der Waals surface area contributed by atoms with Crippen molar-refractivity contribution in [2.24, 2.45) is 5.92 Å². The van der Waals surface area contributed by atoms with Crippen molar-refractivity contribution in [3.8, 4) is 0 Å². The van der Waals surface area contributed by atoms with Crippen molar-refractivity contribution in [2.75, 3.05) is 41.3 Å². The summed E-state index contributed by atoms with van der Waals surface area (Å²) >= 11 is 5.48. The predicted molar refractivity (Wildman–Crippen MR) is 121 cm³/mol. The number of anilines is 3. The van der Waals surface area contributed by atoms with Gasteiger partial charge in [-0.3, -0.25) is 4.98 Å². The number of piperidine rings is 1. The molecule has 8 heteroatoms. The van der Waals surface area contributed by atoms with Crippen LogP contribution in [-0.4, -0.2) is 46.2 Å². The summed E-state index contributed by atoms with van der Waals surface area (Å²) in [4.78, 5) is 18.4. The second kappa shape index (κ2) is 9.35. The van der Waals surface area contributed by atoms with Crippen molar-refractivity contribution in [1.29, 1.82) is 0 Å². The van der Waals surface area contributed by atoms with E-state index in [1.165, 1.54) is 25.7 Å². The summed E-state index contributed by atoms with van der Waals surface area (Å²) in [5.74, 6) is 3.23.